The molecular weight excluding hydrogens is 294 g/mol. The van der Waals surface area contributed by atoms with Crippen LogP contribution in [0.4, 0.5) is 5.69 Å². The van der Waals surface area contributed by atoms with Crippen LogP contribution in [0.2, 0.25) is 5.02 Å². The number of hydrogen-bond acceptors (Lipinski definition) is 4. The minimum Gasteiger partial charge on any atom is -0.340 e. The monoisotopic (exact) mass is 311 g/mol. The Bertz CT molecular complexity index is 564. The van der Waals surface area contributed by atoms with E-state index < -0.39 is 4.92 Å². The number of nitro groups is 1. The van der Waals surface area contributed by atoms with Crippen molar-refractivity contribution in [3.63, 3.8) is 0 Å². The summed E-state index contributed by atoms with van der Waals surface area (Å²) in [5.41, 5.74) is 0.0446. The van der Waals surface area contributed by atoms with Crippen molar-refractivity contribution in [3.8, 4) is 0 Å². The van der Waals surface area contributed by atoms with Gasteiger partial charge in [-0.3, -0.25) is 14.9 Å². The number of halogens is 1. The Morgan fingerprint density at radius 2 is 2.29 bits per heavy atom. The van der Waals surface area contributed by atoms with Crippen molar-refractivity contribution < 1.29 is 9.72 Å². The van der Waals surface area contributed by atoms with Gasteiger partial charge in [-0.2, -0.15) is 0 Å². The lowest BCUT2D eigenvalue weighted by atomic mass is 10.1. The van der Waals surface area contributed by atoms with Crippen molar-refractivity contribution in [2.75, 3.05) is 27.2 Å². The van der Waals surface area contributed by atoms with Gasteiger partial charge in [-0.05, 0) is 32.5 Å². The number of carbonyl (C=O) groups excluding carboxylic acids is 1. The highest BCUT2D eigenvalue weighted by Gasteiger charge is 2.25. The molecule has 6 nitrogen and oxygen atoms in total. The Morgan fingerprint density at radius 3 is 2.86 bits per heavy atom. The van der Waals surface area contributed by atoms with Gasteiger partial charge in [0, 0.05) is 31.8 Å². The summed E-state index contributed by atoms with van der Waals surface area (Å²) in [4.78, 5) is 26.5. The summed E-state index contributed by atoms with van der Waals surface area (Å²) in [6, 6.07) is 4.25. The number of rotatable bonds is 4. The largest absolute Gasteiger partial charge is 0.340 e. The van der Waals surface area contributed by atoms with E-state index in [1.807, 2.05) is 7.05 Å². The molecule has 114 valence electrons. The maximum atomic E-state index is 12.4. The number of benzene rings is 1. The summed E-state index contributed by atoms with van der Waals surface area (Å²) in [5, 5.41) is 11.0. The molecule has 1 aliphatic rings. The van der Waals surface area contributed by atoms with Gasteiger partial charge in [0.05, 0.1) is 15.5 Å². The number of hydrogen-bond donors (Lipinski definition) is 0. The number of nitrogens with zero attached hydrogens (tertiary/aromatic N) is 3. The van der Waals surface area contributed by atoms with Crippen LogP contribution < -0.4 is 0 Å². The summed E-state index contributed by atoms with van der Waals surface area (Å²) >= 11 is 6.00. The third-order valence-electron chi connectivity index (χ3n) is 3.89. The van der Waals surface area contributed by atoms with E-state index >= 15 is 0 Å². The van der Waals surface area contributed by atoms with E-state index in [-0.39, 0.29) is 22.2 Å². The molecule has 1 saturated heterocycles. The summed E-state index contributed by atoms with van der Waals surface area (Å²) in [6.45, 7) is 1.62. The van der Waals surface area contributed by atoms with Crippen LogP contribution in [0.3, 0.4) is 0 Å². The quantitative estimate of drug-likeness (QED) is 0.632. The zero-order valence-electron chi connectivity index (χ0n) is 12.1. The smallest absolute Gasteiger partial charge is 0.270 e. The van der Waals surface area contributed by atoms with Gasteiger partial charge in [0.25, 0.3) is 11.6 Å². The Hall–Kier alpha value is -1.66. The molecule has 21 heavy (non-hydrogen) atoms. The predicted octanol–water partition coefficient (Wildman–Crippen LogP) is 2.41. The van der Waals surface area contributed by atoms with Gasteiger partial charge in [0.1, 0.15) is 0 Å². The highest BCUT2D eigenvalue weighted by Crippen LogP contribution is 2.24. The van der Waals surface area contributed by atoms with Gasteiger partial charge >= 0.3 is 0 Å². The molecule has 0 N–H and O–H groups in total. The fraction of sp³-hybridized carbons (Fsp3) is 0.500. The molecule has 1 atom stereocenters. The van der Waals surface area contributed by atoms with Crippen LogP contribution in [0, 0.1) is 10.1 Å². The Kier molecular flexibility index (Phi) is 4.80. The summed E-state index contributed by atoms with van der Waals surface area (Å²) in [5.74, 6) is -0.288. The summed E-state index contributed by atoms with van der Waals surface area (Å²) in [7, 11) is 3.74. The number of amides is 1. The lowest BCUT2D eigenvalue weighted by molar-refractivity contribution is -0.384. The van der Waals surface area contributed by atoms with E-state index in [0.717, 1.165) is 19.4 Å². The minimum atomic E-state index is -0.530. The maximum absolute atomic E-state index is 12.4. The Labute approximate surface area is 128 Å². The second kappa shape index (κ2) is 6.41. The van der Waals surface area contributed by atoms with Crippen molar-refractivity contribution in [2.45, 2.75) is 18.9 Å². The number of likely N-dealkylation sites (tertiary alicyclic amines) is 1. The lowest BCUT2D eigenvalue weighted by Gasteiger charge is -2.26. The Morgan fingerprint density at radius 1 is 1.57 bits per heavy atom. The van der Waals surface area contributed by atoms with Gasteiger partial charge in [-0.25, -0.2) is 0 Å². The van der Waals surface area contributed by atoms with Crippen molar-refractivity contribution in [1.29, 1.82) is 0 Å². The first kappa shape index (κ1) is 15.7. The van der Waals surface area contributed by atoms with Gasteiger partial charge in [0.15, 0.2) is 0 Å². The molecule has 0 saturated carbocycles. The van der Waals surface area contributed by atoms with Crippen molar-refractivity contribution in [2.24, 2.45) is 0 Å². The SMILES string of the molecule is CN(CC1CCCN1C)C(=O)c1cc([N+](=O)[O-])ccc1Cl. The second-order valence-corrected chi connectivity index (χ2v) is 5.79. The first-order valence-corrected chi connectivity index (χ1v) is 7.17. The molecule has 0 aliphatic carbocycles. The highest BCUT2D eigenvalue weighted by molar-refractivity contribution is 6.33. The molecule has 1 fully saturated rings. The van der Waals surface area contributed by atoms with E-state index in [1.54, 1.807) is 11.9 Å². The van der Waals surface area contributed by atoms with Crippen LogP contribution in [0.1, 0.15) is 23.2 Å². The van der Waals surface area contributed by atoms with Crippen LogP contribution in [-0.2, 0) is 0 Å². The summed E-state index contributed by atoms with van der Waals surface area (Å²) < 4.78 is 0. The van der Waals surface area contributed by atoms with Gasteiger partial charge in [-0.1, -0.05) is 11.6 Å². The third-order valence-corrected chi connectivity index (χ3v) is 4.22. The van der Waals surface area contributed by atoms with Gasteiger partial charge in [-0.15, -0.1) is 0 Å². The number of nitro benzene ring substituents is 1. The van der Waals surface area contributed by atoms with Crippen LogP contribution in [-0.4, -0.2) is 53.9 Å². The average Bonchev–Trinajstić information content (AvgIpc) is 2.83. The molecule has 1 aromatic carbocycles. The standard InChI is InChI=1S/C14H18ClN3O3/c1-16-7-3-4-11(16)9-17(2)14(19)12-8-10(18(20)21)5-6-13(12)15/h5-6,8,11H,3-4,7,9H2,1-2H3. The van der Waals surface area contributed by atoms with Gasteiger partial charge < -0.3 is 9.80 Å². The first-order valence-electron chi connectivity index (χ1n) is 6.80. The molecule has 1 unspecified atom stereocenters. The molecule has 0 aromatic heterocycles. The summed E-state index contributed by atoms with van der Waals surface area (Å²) in [6.07, 6.45) is 2.18. The topological polar surface area (TPSA) is 66.7 Å². The molecule has 7 heteroatoms. The van der Waals surface area contributed by atoms with E-state index in [9.17, 15) is 14.9 Å². The zero-order chi connectivity index (χ0) is 15.6. The minimum absolute atomic E-state index is 0.130. The fourth-order valence-corrected chi connectivity index (χ4v) is 2.80. The number of likely N-dealkylation sites (N-methyl/N-ethyl adjacent to an activating group) is 2. The van der Waals surface area contributed by atoms with Crippen LogP contribution in [0.25, 0.3) is 0 Å². The van der Waals surface area contributed by atoms with Crippen molar-refractivity contribution in [3.05, 3.63) is 38.9 Å². The maximum Gasteiger partial charge on any atom is 0.270 e. The number of carbonyl (C=O) groups is 1. The van der Waals surface area contributed by atoms with E-state index in [4.69, 9.17) is 11.6 Å². The molecular formula is C14H18ClN3O3. The van der Waals surface area contributed by atoms with Crippen LogP contribution >= 0.6 is 11.6 Å². The normalized spacial score (nSPS) is 18.7. The molecule has 1 amide bonds. The molecule has 0 radical (unpaired) electrons. The molecule has 1 aromatic rings. The van der Waals surface area contributed by atoms with Crippen LogP contribution in [0.15, 0.2) is 18.2 Å². The highest BCUT2D eigenvalue weighted by atomic mass is 35.5. The molecule has 0 bridgehead atoms. The fourth-order valence-electron chi connectivity index (χ4n) is 2.61. The van der Waals surface area contributed by atoms with E-state index in [2.05, 4.69) is 4.90 Å². The third kappa shape index (κ3) is 3.51. The first-order chi connectivity index (χ1) is 9.90. The molecule has 2 rings (SSSR count). The molecule has 1 aliphatic heterocycles. The molecule has 0 spiro atoms. The Balaban J connectivity index is 2.15. The van der Waals surface area contributed by atoms with Crippen molar-refractivity contribution >= 4 is 23.2 Å². The van der Waals surface area contributed by atoms with E-state index in [1.165, 1.54) is 18.2 Å². The van der Waals surface area contributed by atoms with Crippen molar-refractivity contribution in [1.82, 2.24) is 9.80 Å². The van der Waals surface area contributed by atoms with Crippen LogP contribution in [0.5, 0.6) is 0 Å². The average molecular weight is 312 g/mol. The lowest BCUT2D eigenvalue weighted by Crippen LogP contribution is -2.39. The molecule has 1 heterocycles. The van der Waals surface area contributed by atoms with E-state index in [0.29, 0.717) is 12.6 Å². The van der Waals surface area contributed by atoms with Gasteiger partial charge in [0.2, 0.25) is 0 Å². The predicted molar refractivity (Wildman–Crippen MR) is 80.7 cm³/mol. The zero-order valence-corrected chi connectivity index (χ0v) is 12.8. The second-order valence-electron chi connectivity index (χ2n) is 5.38. The number of non-ortho nitro benzene ring substituents is 1.